The van der Waals surface area contributed by atoms with Gasteiger partial charge in [-0.1, -0.05) is 36.4 Å². The second-order valence-electron chi connectivity index (χ2n) is 7.54. The van der Waals surface area contributed by atoms with E-state index in [1.165, 1.54) is 17.7 Å². The monoisotopic (exact) mass is 412 g/mol. The number of aromatic hydroxyl groups is 1. The molecule has 0 aliphatic heterocycles. The highest BCUT2D eigenvalue weighted by atomic mass is 31.1. The lowest BCUT2D eigenvalue weighted by Crippen LogP contribution is -2.00. The normalized spacial score (nSPS) is 12.1. The van der Waals surface area contributed by atoms with Crippen LogP contribution in [-0.4, -0.2) is 16.2 Å². The summed E-state index contributed by atoms with van der Waals surface area (Å²) in [4.78, 5) is 9.08. The molecule has 0 heterocycles. The van der Waals surface area contributed by atoms with E-state index in [-0.39, 0.29) is 11.6 Å². The molecule has 3 aromatic rings. The van der Waals surface area contributed by atoms with Crippen molar-refractivity contribution in [2.24, 2.45) is 0 Å². The van der Waals surface area contributed by atoms with E-state index in [1.54, 1.807) is 18.2 Å². The van der Waals surface area contributed by atoms with Gasteiger partial charge in [0.1, 0.15) is 11.6 Å². The van der Waals surface area contributed by atoms with E-state index in [0.717, 1.165) is 39.8 Å². The first-order valence-electron chi connectivity index (χ1n) is 9.68. The highest BCUT2D eigenvalue weighted by molar-refractivity contribution is 7.37. The van der Waals surface area contributed by atoms with Crippen molar-refractivity contribution in [2.45, 2.75) is 33.1 Å². The van der Waals surface area contributed by atoms with Crippen LogP contribution in [0.4, 0.5) is 4.39 Å². The molecule has 0 aromatic heterocycles. The van der Waals surface area contributed by atoms with Gasteiger partial charge in [-0.3, -0.25) is 4.57 Å². The number of halogens is 1. The molecule has 0 fully saturated rings. The minimum absolute atomic E-state index is 0.237. The van der Waals surface area contributed by atoms with Gasteiger partial charge < -0.3 is 10.00 Å². The SMILES string of the molecule is Cc1cc(CC[PH](=O)O)cc(C)c1Cc1ccc(O)c(Cc2ccc(F)cc2)c1. The molecule has 0 saturated carbocycles. The van der Waals surface area contributed by atoms with Crippen LogP contribution in [0, 0.1) is 19.7 Å². The summed E-state index contributed by atoms with van der Waals surface area (Å²) in [7, 11) is -2.45. The van der Waals surface area contributed by atoms with Crippen LogP contribution < -0.4 is 0 Å². The van der Waals surface area contributed by atoms with Gasteiger partial charge in [0.2, 0.25) is 0 Å². The minimum atomic E-state index is -2.45. The summed E-state index contributed by atoms with van der Waals surface area (Å²) < 4.78 is 24.1. The topological polar surface area (TPSA) is 57.5 Å². The van der Waals surface area contributed by atoms with Gasteiger partial charge in [-0.2, -0.15) is 0 Å². The summed E-state index contributed by atoms with van der Waals surface area (Å²) in [5.74, 6) is -0.0336. The van der Waals surface area contributed by atoms with Gasteiger partial charge in [-0.25, -0.2) is 4.39 Å². The molecule has 1 unspecified atom stereocenters. The van der Waals surface area contributed by atoms with Gasteiger partial charge in [0.05, 0.1) is 0 Å². The second kappa shape index (κ2) is 9.39. The first kappa shape index (κ1) is 21.3. The average Bonchev–Trinajstić information content (AvgIpc) is 2.67. The molecule has 3 rings (SSSR count). The Balaban J connectivity index is 1.81. The number of rotatable bonds is 7. The number of benzene rings is 3. The molecule has 0 aliphatic carbocycles. The van der Waals surface area contributed by atoms with Crippen LogP contribution >= 0.6 is 8.03 Å². The van der Waals surface area contributed by atoms with Gasteiger partial charge in [0.25, 0.3) is 0 Å². The van der Waals surface area contributed by atoms with Crippen LogP contribution in [0.2, 0.25) is 0 Å². The number of hydrogen-bond donors (Lipinski definition) is 2. The van der Waals surface area contributed by atoms with Crippen LogP contribution in [-0.2, 0) is 23.8 Å². The molecule has 0 saturated heterocycles. The first-order valence-corrected chi connectivity index (χ1v) is 11.2. The molecule has 2 N–H and O–H groups in total. The predicted octanol–water partition coefficient (Wildman–Crippen LogP) is 5.34. The molecular weight excluding hydrogens is 386 g/mol. The van der Waals surface area contributed by atoms with E-state index in [2.05, 4.69) is 26.0 Å². The number of aryl methyl sites for hydroxylation is 3. The first-order chi connectivity index (χ1) is 13.8. The third-order valence-corrected chi connectivity index (χ3v) is 5.89. The molecule has 0 radical (unpaired) electrons. The molecule has 5 heteroatoms. The van der Waals surface area contributed by atoms with Gasteiger partial charge >= 0.3 is 0 Å². The van der Waals surface area contributed by atoms with Crippen molar-refractivity contribution < 1.29 is 19.0 Å². The molecule has 3 nitrogen and oxygen atoms in total. The van der Waals surface area contributed by atoms with Gasteiger partial charge in [-0.05, 0) is 83.8 Å². The fraction of sp³-hybridized carbons (Fsp3) is 0.250. The zero-order valence-electron chi connectivity index (χ0n) is 16.7. The summed E-state index contributed by atoms with van der Waals surface area (Å²) in [5.41, 5.74) is 7.48. The van der Waals surface area contributed by atoms with Gasteiger partial charge in [0.15, 0.2) is 8.03 Å². The van der Waals surface area contributed by atoms with Crippen molar-refractivity contribution in [3.05, 3.63) is 99.4 Å². The highest BCUT2D eigenvalue weighted by Gasteiger charge is 2.10. The van der Waals surface area contributed by atoms with Crippen LogP contribution in [0.25, 0.3) is 0 Å². The third kappa shape index (κ3) is 5.79. The number of hydrogen-bond acceptors (Lipinski definition) is 2. The van der Waals surface area contributed by atoms with Crippen LogP contribution in [0.3, 0.4) is 0 Å². The molecule has 29 heavy (non-hydrogen) atoms. The molecule has 0 spiro atoms. The van der Waals surface area contributed by atoms with Crippen molar-refractivity contribution in [3.63, 3.8) is 0 Å². The molecule has 152 valence electrons. The standard InChI is InChI=1S/C24H26FO3P/c1-16-11-20(9-10-29(27)28)12-17(2)23(16)15-19-5-8-24(26)21(14-19)13-18-3-6-22(25)7-4-18/h3-8,11-12,14,26,29H,9-10,13,15H2,1-2H3,(H,27,28). The smallest absolute Gasteiger partial charge is 0.189 e. The Morgan fingerprint density at radius 3 is 2.10 bits per heavy atom. The summed E-state index contributed by atoms with van der Waals surface area (Å²) >= 11 is 0. The highest BCUT2D eigenvalue weighted by Crippen LogP contribution is 2.26. The third-order valence-electron chi connectivity index (χ3n) is 5.22. The molecule has 0 bridgehead atoms. The average molecular weight is 412 g/mol. The Morgan fingerprint density at radius 2 is 1.48 bits per heavy atom. The van der Waals surface area contributed by atoms with Crippen molar-refractivity contribution in [1.82, 2.24) is 0 Å². The van der Waals surface area contributed by atoms with Gasteiger partial charge in [0, 0.05) is 12.6 Å². The minimum Gasteiger partial charge on any atom is -0.508 e. The zero-order chi connectivity index (χ0) is 21.0. The Morgan fingerprint density at radius 1 is 0.862 bits per heavy atom. The Hall–Kier alpha value is -2.42. The van der Waals surface area contributed by atoms with Crippen LogP contribution in [0.15, 0.2) is 54.6 Å². The largest absolute Gasteiger partial charge is 0.508 e. The maximum atomic E-state index is 13.1. The maximum absolute atomic E-state index is 13.1. The Bertz CT molecular complexity index is 1010. The molecule has 0 amide bonds. The van der Waals surface area contributed by atoms with E-state index in [0.29, 0.717) is 19.0 Å². The van der Waals surface area contributed by atoms with Crippen molar-refractivity contribution in [2.75, 3.05) is 6.16 Å². The van der Waals surface area contributed by atoms with Gasteiger partial charge in [-0.15, -0.1) is 0 Å². The second-order valence-corrected chi connectivity index (χ2v) is 8.83. The van der Waals surface area contributed by atoms with E-state index < -0.39 is 8.03 Å². The van der Waals surface area contributed by atoms with Crippen molar-refractivity contribution >= 4 is 8.03 Å². The zero-order valence-corrected chi connectivity index (χ0v) is 17.7. The lowest BCUT2D eigenvalue weighted by molar-refractivity contribution is 0.469. The van der Waals surface area contributed by atoms with Crippen LogP contribution in [0.1, 0.15) is 38.9 Å². The molecule has 3 aromatic carbocycles. The van der Waals surface area contributed by atoms with E-state index in [9.17, 15) is 14.1 Å². The molecule has 1 atom stereocenters. The fourth-order valence-electron chi connectivity index (χ4n) is 3.67. The van der Waals surface area contributed by atoms with E-state index >= 15 is 0 Å². The Labute approximate surface area is 171 Å². The fourth-order valence-corrected chi connectivity index (χ4v) is 4.18. The van der Waals surface area contributed by atoms with Crippen molar-refractivity contribution in [3.8, 4) is 5.75 Å². The quantitative estimate of drug-likeness (QED) is 0.515. The summed E-state index contributed by atoms with van der Waals surface area (Å²) in [6, 6.07) is 16.1. The molecule has 0 aliphatic rings. The van der Waals surface area contributed by atoms with E-state index in [4.69, 9.17) is 4.89 Å². The predicted molar refractivity (Wildman–Crippen MR) is 116 cm³/mol. The maximum Gasteiger partial charge on any atom is 0.189 e. The lowest BCUT2D eigenvalue weighted by atomic mass is 9.92. The van der Waals surface area contributed by atoms with Crippen molar-refractivity contribution in [1.29, 1.82) is 0 Å². The summed E-state index contributed by atoms with van der Waals surface area (Å²) in [6.07, 6.45) is 2.20. The van der Waals surface area contributed by atoms with E-state index in [1.807, 2.05) is 12.1 Å². The number of phenolic OH excluding ortho intramolecular Hbond substituents is 1. The summed E-state index contributed by atoms with van der Waals surface area (Å²) in [5, 5.41) is 10.2. The number of phenols is 1. The van der Waals surface area contributed by atoms with Crippen LogP contribution in [0.5, 0.6) is 5.75 Å². The Kier molecular flexibility index (Phi) is 6.89. The summed E-state index contributed by atoms with van der Waals surface area (Å²) in [6.45, 7) is 4.13. The molecular formula is C24H26FO3P. The lowest BCUT2D eigenvalue weighted by Gasteiger charge is -2.14.